The molecule has 1 aromatic heterocycles. The predicted octanol–water partition coefficient (Wildman–Crippen LogP) is 7.39. The van der Waals surface area contributed by atoms with E-state index >= 15 is 0 Å². The highest BCUT2D eigenvalue weighted by molar-refractivity contribution is 7.90. The molecular weight excluding hydrogens is 608 g/mol. The van der Waals surface area contributed by atoms with Gasteiger partial charge in [-0.1, -0.05) is 48.0 Å². The molecule has 0 saturated carbocycles. The molecule has 1 aliphatic rings. The molecule has 5 rings (SSSR count). The highest BCUT2D eigenvalue weighted by Crippen LogP contribution is 2.38. The summed E-state index contributed by atoms with van der Waals surface area (Å²) in [4.78, 5) is 6.39. The number of benzene rings is 3. The normalized spacial score (nSPS) is 18.4. The second-order valence-electron chi connectivity index (χ2n) is 10.7. The number of hydrogen-bond donors (Lipinski definition) is 0. The molecule has 1 aliphatic heterocycles. The number of rotatable bonds is 8. The molecule has 1 saturated heterocycles. The van der Waals surface area contributed by atoms with E-state index in [0.29, 0.717) is 31.5 Å². The van der Waals surface area contributed by atoms with Gasteiger partial charge >= 0.3 is 12.4 Å². The van der Waals surface area contributed by atoms with Crippen molar-refractivity contribution < 1.29 is 39.5 Å². The van der Waals surface area contributed by atoms with Crippen LogP contribution in [0, 0.1) is 6.92 Å². The minimum Gasteiger partial charge on any atom is -0.372 e. The number of piperidine rings is 1. The monoisotopic (exact) mass is 637 g/mol. The molecular formula is C31H29F6N3O3S. The van der Waals surface area contributed by atoms with E-state index in [1.807, 2.05) is 42.2 Å². The first-order valence-corrected chi connectivity index (χ1v) is 15.2. The molecule has 0 N–H and O–H groups in total. The van der Waals surface area contributed by atoms with E-state index in [2.05, 4.69) is 4.98 Å². The van der Waals surface area contributed by atoms with Crippen LogP contribution < -0.4 is 0 Å². The molecule has 2 heterocycles. The van der Waals surface area contributed by atoms with Crippen molar-refractivity contribution in [3.05, 3.63) is 119 Å². The Morgan fingerprint density at radius 3 is 2.16 bits per heavy atom. The van der Waals surface area contributed by atoms with Crippen LogP contribution in [0.4, 0.5) is 26.3 Å². The van der Waals surface area contributed by atoms with Gasteiger partial charge in [0.05, 0.1) is 41.3 Å². The Bertz CT molecular complexity index is 1660. The molecule has 0 radical (unpaired) electrons. The molecule has 0 bridgehead atoms. The average Bonchev–Trinajstić information content (AvgIpc) is 3.45. The molecule has 6 nitrogen and oxygen atoms in total. The van der Waals surface area contributed by atoms with E-state index in [-0.39, 0.29) is 28.9 Å². The second-order valence-corrected chi connectivity index (χ2v) is 12.5. The van der Waals surface area contributed by atoms with Gasteiger partial charge in [-0.2, -0.15) is 26.3 Å². The van der Waals surface area contributed by atoms with Crippen LogP contribution in [0.1, 0.15) is 52.5 Å². The Labute approximate surface area is 251 Å². The Morgan fingerprint density at radius 1 is 0.909 bits per heavy atom. The zero-order valence-electron chi connectivity index (χ0n) is 23.5. The molecule has 0 spiro atoms. The molecule has 13 heteroatoms. The maximum atomic E-state index is 13.5. The fourth-order valence-corrected chi connectivity index (χ4v) is 6.72. The quantitative estimate of drug-likeness (QED) is 0.189. The second kappa shape index (κ2) is 12.4. The first kappa shape index (κ1) is 31.7. The van der Waals surface area contributed by atoms with Crippen LogP contribution in [0.15, 0.2) is 90.1 Å². The van der Waals surface area contributed by atoms with Gasteiger partial charge < -0.3 is 4.74 Å². The number of alkyl halides is 6. The average molecular weight is 638 g/mol. The van der Waals surface area contributed by atoms with Gasteiger partial charge in [-0.15, -0.1) is 0 Å². The number of nitrogens with zero attached hydrogens (tertiary/aromatic N) is 3. The molecule has 2 atom stereocenters. The summed E-state index contributed by atoms with van der Waals surface area (Å²) >= 11 is 0. The number of likely N-dealkylation sites (tertiary alicyclic amines) is 1. The smallest absolute Gasteiger partial charge is 0.372 e. The summed E-state index contributed by atoms with van der Waals surface area (Å²) in [5.74, 6) is 0.250. The highest BCUT2D eigenvalue weighted by atomic mass is 32.2. The van der Waals surface area contributed by atoms with Crippen LogP contribution in [-0.4, -0.2) is 34.9 Å². The summed E-state index contributed by atoms with van der Waals surface area (Å²) < 4.78 is 115. The SMILES string of the molecule is Cc1ccc(S(=O)(=O)n2ccnc2CN2CCC[C@H](OCc3cc(C(F)(F)F)cc(C(F)(F)F)c3)[C@@H]2c2ccccc2)cc1. The van der Waals surface area contributed by atoms with Gasteiger partial charge in [0.15, 0.2) is 0 Å². The van der Waals surface area contributed by atoms with Gasteiger partial charge in [-0.3, -0.25) is 4.90 Å². The fraction of sp³-hybridized carbons (Fsp3) is 0.323. The maximum Gasteiger partial charge on any atom is 0.416 e. The zero-order valence-corrected chi connectivity index (χ0v) is 24.3. The highest BCUT2D eigenvalue weighted by Gasteiger charge is 2.38. The third kappa shape index (κ3) is 7.00. The first-order valence-electron chi connectivity index (χ1n) is 13.8. The number of aromatic nitrogens is 2. The molecule has 44 heavy (non-hydrogen) atoms. The van der Waals surface area contributed by atoms with Gasteiger partial charge in [0.2, 0.25) is 0 Å². The minimum atomic E-state index is -4.97. The zero-order chi connectivity index (χ0) is 31.7. The van der Waals surface area contributed by atoms with Crippen molar-refractivity contribution in [1.82, 2.24) is 13.9 Å². The van der Waals surface area contributed by atoms with Crippen molar-refractivity contribution in [3.63, 3.8) is 0 Å². The molecule has 4 aromatic rings. The van der Waals surface area contributed by atoms with Crippen molar-refractivity contribution in [2.75, 3.05) is 6.54 Å². The summed E-state index contributed by atoms with van der Waals surface area (Å²) in [5.41, 5.74) is -1.36. The lowest BCUT2D eigenvalue weighted by Crippen LogP contribution is -2.43. The summed E-state index contributed by atoms with van der Waals surface area (Å²) in [6, 6.07) is 16.5. The van der Waals surface area contributed by atoms with E-state index in [9.17, 15) is 34.8 Å². The van der Waals surface area contributed by atoms with E-state index in [0.717, 1.165) is 15.1 Å². The Morgan fingerprint density at radius 2 is 1.55 bits per heavy atom. The first-order chi connectivity index (χ1) is 20.7. The molecule has 234 valence electrons. The molecule has 0 amide bonds. The third-order valence-electron chi connectivity index (χ3n) is 7.53. The topological polar surface area (TPSA) is 64.4 Å². The number of hydrogen-bond acceptors (Lipinski definition) is 5. The van der Waals surface area contributed by atoms with Crippen LogP contribution in [0.25, 0.3) is 0 Å². The largest absolute Gasteiger partial charge is 0.416 e. The minimum absolute atomic E-state index is 0.0887. The van der Waals surface area contributed by atoms with E-state index < -0.39 is 52.3 Å². The van der Waals surface area contributed by atoms with Gasteiger partial charge in [-0.05, 0) is 67.8 Å². The molecule has 1 fully saturated rings. The van der Waals surface area contributed by atoms with Gasteiger partial charge in [0.25, 0.3) is 10.0 Å². The number of aryl methyl sites for hydroxylation is 1. The Kier molecular flexibility index (Phi) is 8.92. The lowest BCUT2D eigenvalue weighted by Gasteiger charge is -2.41. The molecule has 0 unspecified atom stereocenters. The number of halogens is 6. The van der Waals surface area contributed by atoms with Crippen molar-refractivity contribution in [1.29, 1.82) is 0 Å². The lowest BCUT2D eigenvalue weighted by molar-refractivity contribution is -0.143. The van der Waals surface area contributed by atoms with Crippen molar-refractivity contribution in [2.24, 2.45) is 0 Å². The van der Waals surface area contributed by atoms with Crippen molar-refractivity contribution in [3.8, 4) is 0 Å². The van der Waals surface area contributed by atoms with E-state index in [1.54, 1.807) is 12.1 Å². The standard InChI is InChI=1S/C31H29F6N3O3S/c1-21-9-11-26(12-10-21)44(41,42)40-15-13-38-28(40)19-39-14-5-8-27(29(39)23-6-3-2-4-7-23)43-20-22-16-24(30(32,33)34)18-25(17-22)31(35,36)37/h2-4,6-7,9-13,15-18,27,29H,5,8,14,19-20H2,1H3/t27-,29-/m0/s1. The Balaban J connectivity index is 1.43. The van der Waals surface area contributed by atoms with Crippen LogP contribution >= 0.6 is 0 Å². The summed E-state index contributed by atoms with van der Waals surface area (Å²) in [6.07, 6.45) is -6.72. The molecule has 0 aliphatic carbocycles. The van der Waals surface area contributed by atoms with Crippen LogP contribution in [-0.2, 0) is 40.3 Å². The van der Waals surface area contributed by atoms with Gasteiger partial charge in [0.1, 0.15) is 5.82 Å². The summed E-state index contributed by atoms with van der Waals surface area (Å²) in [5, 5.41) is 0. The fourth-order valence-electron chi connectivity index (χ4n) is 5.42. The predicted molar refractivity (Wildman–Crippen MR) is 150 cm³/mol. The van der Waals surface area contributed by atoms with Gasteiger partial charge in [0, 0.05) is 12.4 Å². The molecule has 3 aromatic carbocycles. The summed E-state index contributed by atoms with van der Waals surface area (Å²) in [7, 11) is -3.96. The van der Waals surface area contributed by atoms with E-state index in [1.165, 1.54) is 24.5 Å². The van der Waals surface area contributed by atoms with Gasteiger partial charge in [-0.25, -0.2) is 17.4 Å². The van der Waals surface area contributed by atoms with Crippen LogP contribution in [0.5, 0.6) is 0 Å². The number of imidazole rings is 1. The number of ether oxygens (including phenoxy) is 1. The van der Waals surface area contributed by atoms with Crippen LogP contribution in [0.3, 0.4) is 0 Å². The maximum absolute atomic E-state index is 13.5. The van der Waals surface area contributed by atoms with Crippen molar-refractivity contribution >= 4 is 10.0 Å². The van der Waals surface area contributed by atoms with E-state index in [4.69, 9.17) is 4.74 Å². The third-order valence-corrected chi connectivity index (χ3v) is 9.25. The lowest BCUT2D eigenvalue weighted by atomic mass is 9.92. The Hall–Kier alpha value is -3.68. The summed E-state index contributed by atoms with van der Waals surface area (Å²) in [6.45, 7) is 1.99. The van der Waals surface area contributed by atoms with Crippen LogP contribution in [0.2, 0.25) is 0 Å². The van der Waals surface area contributed by atoms with Crippen molar-refractivity contribution in [2.45, 2.75) is 62.3 Å².